The van der Waals surface area contributed by atoms with E-state index in [1.54, 1.807) is 0 Å². The molecule has 5 nitrogen and oxygen atoms in total. The molecule has 0 fully saturated rings. The smallest absolute Gasteiger partial charge is 0.418 e. The van der Waals surface area contributed by atoms with Crippen molar-refractivity contribution in [2.75, 3.05) is 23.0 Å². The molecule has 0 atom stereocenters. The first-order valence-electron chi connectivity index (χ1n) is 16.1. The lowest BCUT2D eigenvalue weighted by atomic mass is 10.1. The lowest BCUT2D eigenvalue weighted by molar-refractivity contribution is -0.670. The molecule has 0 unspecified atom stereocenters. The van der Waals surface area contributed by atoms with E-state index < -0.39 is 7.25 Å². The molecule has 48 heavy (non-hydrogen) atoms. The first-order chi connectivity index (χ1) is 23.2. The zero-order valence-corrected chi connectivity index (χ0v) is 27.1. The molecule has 1 N–H and O–H groups in total. The second kappa shape index (κ2) is 15.7. The third-order valence-electron chi connectivity index (χ3n) is 8.02. The van der Waals surface area contributed by atoms with Gasteiger partial charge in [0.25, 0.3) is 5.82 Å². The number of nitrogens with zero attached hydrogens (tertiary/aromatic N) is 4. The largest absolute Gasteiger partial charge is 0.673 e. The Morgan fingerprint density at radius 3 is 1.98 bits per heavy atom. The minimum atomic E-state index is -6.00. The Hall–Kier alpha value is -5.09. The summed E-state index contributed by atoms with van der Waals surface area (Å²) in [4.78, 5) is 4.70. The van der Waals surface area contributed by atoms with Crippen LogP contribution in [0.15, 0.2) is 139 Å². The van der Waals surface area contributed by atoms with Crippen molar-refractivity contribution in [3.05, 3.63) is 145 Å². The fraction of sp³-hybridized carbons (Fsp3) is 0.184. The number of imidazole rings is 1. The number of para-hydroxylation sites is 6. The van der Waals surface area contributed by atoms with Crippen molar-refractivity contribution < 1.29 is 26.9 Å². The minimum Gasteiger partial charge on any atom is -0.418 e. The highest BCUT2D eigenvalue weighted by molar-refractivity contribution is 6.50. The lowest BCUT2D eigenvalue weighted by Crippen LogP contribution is -2.35. The number of halogens is 4. The molecular formula is C38H39BF4N4O. The van der Waals surface area contributed by atoms with Crippen molar-refractivity contribution in [1.82, 2.24) is 4.57 Å². The normalized spacial score (nSPS) is 14.1. The van der Waals surface area contributed by atoms with Gasteiger partial charge in [0.15, 0.2) is 11.0 Å². The number of rotatable bonds is 10. The quantitative estimate of drug-likeness (QED) is 0.0706. The number of aliphatic hydroxyl groups is 1. The third-order valence-corrected chi connectivity index (χ3v) is 8.02. The maximum Gasteiger partial charge on any atom is 0.673 e. The first-order valence-corrected chi connectivity index (χ1v) is 16.1. The van der Waals surface area contributed by atoms with E-state index in [9.17, 15) is 22.4 Å². The van der Waals surface area contributed by atoms with Crippen LogP contribution in [0.1, 0.15) is 32.5 Å². The number of aryl methyl sites for hydroxylation is 1. The summed E-state index contributed by atoms with van der Waals surface area (Å²) in [7, 11) is -6.00. The Bertz CT molecular complexity index is 1900. The van der Waals surface area contributed by atoms with Gasteiger partial charge in [-0.15, -0.1) is 0 Å². The predicted octanol–water partition coefficient (Wildman–Crippen LogP) is 9.47. The van der Waals surface area contributed by atoms with Gasteiger partial charge in [0.1, 0.15) is 11.5 Å². The molecular weight excluding hydrogens is 615 g/mol. The average molecular weight is 655 g/mol. The zero-order chi connectivity index (χ0) is 34.1. The number of hydrogen-bond acceptors (Lipinski definition) is 3. The molecule has 0 bridgehead atoms. The number of anilines is 3. The molecule has 0 saturated heterocycles. The summed E-state index contributed by atoms with van der Waals surface area (Å²) >= 11 is 0. The molecule has 0 saturated carbocycles. The SMILES string of the molecule is CCN1\C(=C/C=C(/C=C/c2n(-c3ccccc3)c3ccccc3[n+]2CC)CCCO)N(c2ccccc2)c2ccccc21.F[B-](F)(F)F. The van der Waals surface area contributed by atoms with Crippen LogP contribution in [0.2, 0.25) is 0 Å². The van der Waals surface area contributed by atoms with Gasteiger partial charge in [-0.1, -0.05) is 72.8 Å². The number of aliphatic hydroxyl groups excluding tert-OH is 1. The Morgan fingerprint density at radius 1 is 0.771 bits per heavy atom. The Labute approximate surface area is 279 Å². The van der Waals surface area contributed by atoms with E-state index in [1.165, 1.54) is 22.4 Å². The number of fused-ring (bicyclic) bond motifs is 2. The van der Waals surface area contributed by atoms with Gasteiger partial charge in [0.2, 0.25) is 0 Å². The van der Waals surface area contributed by atoms with Crippen LogP contribution in [0.3, 0.4) is 0 Å². The average Bonchev–Trinajstić information content (AvgIpc) is 3.59. The fourth-order valence-corrected chi connectivity index (χ4v) is 6.06. The molecule has 0 aliphatic carbocycles. The van der Waals surface area contributed by atoms with E-state index in [1.807, 2.05) is 0 Å². The highest BCUT2D eigenvalue weighted by Crippen LogP contribution is 2.45. The second-order valence-corrected chi connectivity index (χ2v) is 11.1. The maximum absolute atomic E-state index is 9.75. The van der Waals surface area contributed by atoms with Crippen molar-refractivity contribution in [3.8, 4) is 5.69 Å². The van der Waals surface area contributed by atoms with Crippen LogP contribution in [-0.2, 0) is 6.54 Å². The molecule has 0 spiro atoms. The molecule has 4 aromatic carbocycles. The van der Waals surface area contributed by atoms with Crippen LogP contribution < -0.4 is 14.4 Å². The van der Waals surface area contributed by atoms with Crippen LogP contribution in [0, 0.1) is 0 Å². The van der Waals surface area contributed by atoms with E-state index in [2.05, 4.69) is 166 Å². The number of allylic oxidation sites excluding steroid dienone is 4. The summed E-state index contributed by atoms with van der Waals surface area (Å²) in [6.45, 7) is 6.26. The van der Waals surface area contributed by atoms with Gasteiger partial charge in [-0.05, 0) is 86.9 Å². The van der Waals surface area contributed by atoms with Gasteiger partial charge < -0.3 is 27.3 Å². The standard InChI is InChI=1S/C38H39N4O.BF4/c1-3-39-33-21-11-13-23-35(33)41(31-17-7-5-8-18-31)37(39)27-25-30(16-15-29-43)26-28-38-40(4-2)34-22-12-14-24-36(34)42(38)32-19-9-6-10-20-32;2-1(3,4)5/h5-14,17-28,43H,3-4,15-16,29H2,1-2H3;/q+1;-1. The number of aromatic nitrogens is 2. The molecule has 2 heterocycles. The van der Waals surface area contributed by atoms with Crippen molar-refractivity contribution >= 4 is 41.4 Å². The Balaban J connectivity index is 0.000000840. The molecule has 0 radical (unpaired) electrons. The van der Waals surface area contributed by atoms with E-state index in [0.717, 1.165) is 48.1 Å². The summed E-state index contributed by atoms with van der Waals surface area (Å²) in [5.41, 5.74) is 8.20. The molecule has 1 aliphatic rings. The highest BCUT2D eigenvalue weighted by atomic mass is 19.5. The van der Waals surface area contributed by atoms with Crippen molar-refractivity contribution in [2.24, 2.45) is 0 Å². The van der Waals surface area contributed by atoms with Crippen molar-refractivity contribution in [2.45, 2.75) is 33.2 Å². The summed E-state index contributed by atoms with van der Waals surface area (Å²) in [6, 6.07) is 38.3. The van der Waals surface area contributed by atoms with E-state index in [0.29, 0.717) is 6.42 Å². The van der Waals surface area contributed by atoms with Crippen LogP contribution in [-0.4, -0.2) is 30.1 Å². The van der Waals surface area contributed by atoms with Crippen LogP contribution in [0.5, 0.6) is 0 Å². The van der Waals surface area contributed by atoms with Crippen molar-refractivity contribution in [1.29, 1.82) is 0 Å². The summed E-state index contributed by atoms with van der Waals surface area (Å²) in [5, 5.41) is 9.75. The second-order valence-electron chi connectivity index (χ2n) is 11.1. The molecule has 0 amide bonds. The molecule has 6 rings (SSSR count). The van der Waals surface area contributed by atoms with E-state index in [-0.39, 0.29) is 6.61 Å². The maximum atomic E-state index is 9.75. The summed E-state index contributed by atoms with van der Waals surface area (Å²) in [5.74, 6) is 2.23. The first kappa shape index (κ1) is 34.3. The van der Waals surface area contributed by atoms with Gasteiger partial charge >= 0.3 is 7.25 Å². The molecule has 10 heteroatoms. The minimum absolute atomic E-state index is 0.156. The number of benzene rings is 4. The lowest BCUT2D eigenvalue weighted by Gasteiger charge is -2.24. The predicted molar refractivity (Wildman–Crippen MR) is 189 cm³/mol. The van der Waals surface area contributed by atoms with Gasteiger partial charge in [-0.2, -0.15) is 4.57 Å². The monoisotopic (exact) mass is 654 g/mol. The Kier molecular flexibility index (Phi) is 11.2. The third kappa shape index (κ3) is 7.89. The molecule has 5 aromatic rings. The fourth-order valence-electron chi connectivity index (χ4n) is 6.06. The zero-order valence-electron chi connectivity index (χ0n) is 27.1. The highest BCUT2D eigenvalue weighted by Gasteiger charge is 2.31. The summed E-state index contributed by atoms with van der Waals surface area (Å²) in [6.07, 6.45) is 10.4. The van der Waals surface area contributed by atoms with Gasteiger partial charge in [0, 0.05) is 24.9 Å². The molecule has 1 aromatic heterocycles. The van der Waals surface area contributed by atoms with Gasteiger partial charge in [-0.25, -0.2) is 4.57 Å². The van der Waals surface area contributed by atoms with Crippen LogP contribution in [0.25, 0.3) is 22.8 Å². The van der Waals surface area contributed by atoms with Crippen LogP contribution in [0.4, 0.5) is 34.3 Å². The summed E-state index contributed by atoms with van der Waals surface area (Å²) < 4.78 is 43.7. The van der Waals surface area contributed by atoms with Gasteiger partial charge in [0.05, 0.1) is 17.9 Å². The number of hydrogen-bond donors (Lipinski definition) is 1. The van der Waals surface area contributed by atoms with Gasteiger partial charge in [-0.3, -0.25) is 4.90 Å². The van der Waals surface area contributed by atoms with E-state index >= 15 is 0 Å². The Morgan fingerprint density at radius 2 is 1.35 bits per heavy atom. The van der Waals surface area contributed by atoms with Crippen molar-refractivity contribution in [3.63, 3.8) is 0 Å². The topological polar surface area (TPSA) is 35.5 Å². The van der Waals surface area contributed by atoms with Crippen LogP contribution >= 0.6 is 0 Å². The van der Waals surface area contributed by atoms with E-state index in [4.69, 9.17) is 0 Å². The molecule has 1 aliphatic heterocycles. The molecule has 248 valence electrons.